The van der Waals surface area contributed by atoms with Gasteiger partial charge in [-0.3, -0.25) is 4.79 Å². The number of rotatable bonds is 9. The van der Waals surface area contributed by atoms with Crippen LogP contribution in [0.15, 0.2) is 48.5 Å². The van der Waals surface area contributed by atoms with E-state index in [-0.39, 0.29) is 12.0 Å². The first-order valence-electron chi connectivity index (χ1n) is 10.0. The topological polar surface area (TPSA) is 38.8 Å². The van der Waals surface area contributed by atoms with Gasteiger partial charge in [-0.15, -0.1) is 0 Å². The second kappa shape index (κ2) is 10.5. The van der Waals surface area contributed by atoms with Gasteiger partial charge < -0.3 is 14.4 Å². The third-order valence-electron chi connectivity index (χ3n) is 4.89. The molecular formula is C23H28ClNO3. The molecule has 1 aliphatic heterocycles. The van der Waals surface area contributed by atoms with Crippen molar-refractivity contribution in [1.29, 1.82) is 0 Å². The Morgan fingerprint density at radius 3 is 2.71 bits per heavy atom. The summed E-state index contributed by atoms with van der Waals surface area (Å²) >= 11 is 6.01. The third-order valence-corrected chi connectivity index (χ3v) is 5.15. The van der Waals surface area contributed by atoms with Gasteiger partial charge in [0.2, 0.25) is 0 Å². The normalized spacial score (nSPS) is 16.1. The molecule has 3 rings (SSSR count). The number of para-hydroxylation sites is 1. The van der Waals surface area contributed by atoms with Crippen molar-refractivity contribution < 1.29 is 14.3 Å². The van der Waals surface area contributed by atoms with Crippen molar-refractivity contribution in [2.45, 2.75) is 45.3 Å². The number of unbranched alkanes of at least 4 members (excludes halogenated alkanes) is 1. The molecule has 1 atom stereocenters. The number of carbonyl (C=O) groups is 1. The van der Waals surface area contributed by atoms with Crippen LogP contribution in [0.1, 0.15) is 48.5 Å². The summed E-state index contributed by atoms with van der Waals surface area (Å²) in [5.74, 6) is 0.618. The standard InChI is InChI=1S/C23H28ClNO3/c1-2-3-14-28-22-9-5-4-8-21(22)23(26)25(17-20-7-6-15-27-20)16-18-10-12-19(24)13-11-18/h4-5,8-13,20H,2-3,6-7,14-17H2,1H3. The van der Waals surface area contributed by atoms with Crippen molar-refractivity contribution in [2.75, 3.05) is 19.8 Å². The van der Waals surface area contributed by atoms with E-state index >= 15 is 0 Å². The highest BCUT2D eigenvalue weighted by Crippen LogP contribution is 2.23. The molecule has 1 amide bonds. The monoisotopic (exact) mass is 401 g/mol. The van der Waals surface area contributed by atoms with Crippen LogP contribution in [0.2, 0.25) is 5.02 Å². The summed E-state index contributed by atoms with van der Waals surface area (Å²) < 4.78 is 11.7. The Hall–Kier alpha value is -2.04. The predicted octanol–water partition coefficient (Wildman–Crippen LogP) is 5.34. The number of halogens is 1. The Balaban J connectivity index is 1.80. The summed E-state index contributed by atoms with van der Waals surface area (Å²) in [6.07, 6.45) is 4.14. The fourth-order valence-corrected chi connectivity index (χ4v) is 3.46. The molecule has 1 saturated heterocycles. The van der Waals surface area contributed by atoms with Gasteiger partial charge in [0.25, 0.3) is 5.91 Å². The molecule has 0 bridgehead atoms. The minimum absolute atomic E-state index is 0.0300. The van der Waals surface area contributed by atoms with E-state index in [0.29, 0.717) is 36.0 Å². The summed E-state index contributed by atoms with van der Waals surface area (Å²) in [5, 5.41) is 0.690. The average Bonchev–Trinajstić information content (AvgIpc) is 3.22. The van der Waals surface area contributed by atoms with Crippen LogP contribution in [0, 0.1) is 0 Å². The fraction of sp³-hybridized carbons (Fsp3) is 0.435. The van der Waals surface area contributed by atoms with E-state index < -0.39 is 0 Å². The Kier molecular flexibility index (Phi) is 7.75. The van der Waals surface area contributed by atoms with Crippen LogP contribution in [0.3, 0.4) is 0 Å². The second-order valence-corrected chi connectivity index (χ2v) is 7.58. The van der Waals surface area contributed by atoms with Crippen LogP contribution in [0.4, 0.5) is 0 Å². The van der Waals surface area contributed by atoms with Gasteiger partial charge in [0.15, 0.2) is 0 Å². The van der Waals surface area contributed by atoms with Gasteiger partial charge in [-0.05, 0) is 49.1 Å². The first-order valence-corrected chi connectivity index (χ1v) is 10.4. The highest BCUT2D eigenvalue weighted by Gasteiger charge is 2.25. The maximum Gasteiger partial charge on any atom is 0.258 e. The zero-order chi connectivity index (χ0) is 19.8. The lowest BCUT2D eigenvalue weighted by atomic mass is 10.1. The van der Waals surface area contributed by atoms with Crippen molar-refractivity contribution in [3.63, 3.8) is 0 Å². The average molecular weight is 402 g/mol. The van der Waals surface area contributed by atoms with Gasteiger partial charge in [-0.2, -0.15) is 0 Å². The summed E-state index contributed by atoms with van der Waals surface area (Å²) in [4.78, 5) is 15.3. The van der Waals surface area contributed by atoms with Gasteiger partial charge in [-0.25, -0.2) is 0 Å². The van der Waals surface area contributed by atoms with Gasteiger partial charge in [0.05, 0.1) is 18.3 Å². The summed E-state index contributed by atoms with van der Waals surface area (Å²) in [6, 6.07) is 15.1. The zero-order valence-corrected chi connectivity index (χ0v) is 17.2. The van der Waals surface area contributed by atoms with E-state index in [9.17, 15) is 4.79 Å². The third kappa shape index (κ3) is 5.73. The van der Waals surface area contributed by atoms with Crippen LogP contribution in [-0.2, 0) is 11.3 Å². The molecule has 1 fully saturated rings. The molecule has 150 valence electrons. The molecule has 28 heavy (non-hydrogen) atoms. The number of amides is 1. The van der Waals surface area contributed by atoms with Crippen LogP contribution < -0.4 is 4.74 Å². The number of hydrogen-bond donors (Lipinski definition) is 0. The second-order valence-electron chi connectivity index (χ2n) is 7.15. The van der Waals surface area contributed by atoms with E-state index in [1.54, 1.807) is 0 Å². The Bertz CT molecular complexity index is 757. The van der Waals surface area contributed by atoms with Gasteiger partial charge in [0, 0.05) is 24.7 Å². The quantitative estimate of drug-likeness (QED) is 0.532. The molecule has 0 spiro atoms. The van der Waals surface area contributed by atoms with E-state index in [4.69, 9.17) is 21.1 Å². The Morgan fingerprint density at radius 2 is 2.00 bits per heavy atom. The fourth-order valence-electron chi connectivity index (χ4n) is 3.33. The highest BCUT2D eigenvalue weighted by atomic mass is 35.5. The van der Waals surface area contributed by atoms with E-state index in [2.05, 4.69) is 6.92 Å². The molecule has 4 nitrogen and oxygen atoms in total. The number of ether oxygens (including phenoxy) is 2. The molecule has 0 aromatic heterocycles. The first-order chi connectivity index (χ1) is 13.7. The smallest absolute Gasteiger partial charge is 0.258 e. The van der Waals surface area contributed by atoms with Crippen molar-refractivity contribution in [1.82, 2.24) is 4.90 Å². The Morgan fingerprint density at radius 1 is 1.21 bits per heavy atom. The maximum atomic E-state index is 13.4. The summed E-state index contributed by atoms with van der Waals surface area (Å²) in [7, 11) is 0. The molecule has 0 aliphatic carbocycles. The van der Waals surface area contributed by atoms with Crippen molar-refractivity contribution in [2.24, 2.45) is 0 Å². The lowest BCUT2D eigenvalue weighted by Crippen LogP contribution is -2.37. The van der Waals surface area contributed by atoms with Crippen LogP contribution in [0.5, 0.6) is 5.75 Å². The number of carbonyl (C=O) groups excluding carboxylic acids is 1. The Labute approximate surface area is 172 Å². The number of nitrogens with zero attached hydrogens (tertiary/aromatic N) is 1. The minimum Gasteiger partial charge on any atom is -0.493 e. The first kappa shape index (κ1) is 20.7. The molecule has 5 heteroatoms. The number of benzene rings is 2. The SMILES string of the molecule is CCCCOc1ccccc1C(=O)N(Cc1ccc(Cl)cc1)CC1CCCO1. The predicted molar refractivity (Wildman–Crippen MR) is 112 cm³/mol. The molecule has 2 aromatic carbocycles. The van der Waals surface area contributed by atoms with Crippen LogP contribution in [-0.4, -0.2) is 36.7 Å². The van der Waals surface area contributed by atoms with Crippen LogP contribution >= 0.6 is 11.6 Å². The van der Waals surface area contributed by atoms with E-state index in [1.807, 2.05) is 53.4 Å². The minimum atomic E-state index is -0.0300. The zero-order valence-electron chi connectivity index (χ0n) is 16.4. The lowest BCUT2D eigenvalue weighted by molar-refractivity contribution is 0.0504. The molecule has 1 unspecified atom stereocenters. The van der Waals surface area contributed by atoms with Gasteiger partial charge >= 0.3 is 0 Å². The molecule has 2 aromatic rings. The van der Waals surface area contributed by atoms with Crippen molar-refractivity contribution >= 4 is 17.5 Å². The van der Waals surface area contributed by atoms with Crippen LogP contribution in [0.25, 0.3) is 0 Å². The molecule has 0 saturated carbocycles. The lowest BCUT2D eigenvalue weighted by Gasteiger charge is -2.26. The molecule has 1 aliphatic rings. The summed E-state index contributed by atoms with van der Waals surface area (Å²) in [5.41, 5.74) is 1.64. The number of hydrogen-bond acceptors (Lipinski definition) is 3. The van der Waals surface area contributed by atoms with Crippen molar-refractivity contribution in [3.8, 4) is 5.75 Å². The van der Waals surface area contributed by atoms with E-state index in [0.717, 1.165) is 37.9 Å². The van der Waals surface area contributed by atoms with Gasteiger partial charge in [-0.1, -0.05) is 49.2 Å². The summed E-state index contributed by atoms with van der Waals surface area (Å²) in [6.45, 7) is 4.59. The highest BCUT2D eigenvalue weighted by molar-refractivity contribution is 6.30. The van der Waals surface area contributed by atoms with E-state index in [1.165, 1.54) is 0 Å². The largest absolute Gasteiger partial charge is 0.493 e. The van der Waals surface area contributed by atoms with Crippen molar-refractivity contribution in [3.05, 3.63) is 64.7 Å². The molecule has 0 N–H and O–H groups in total. The maximum absolute atomic E-state index is 13.4. The van der Waals surface area contributed by atoms with Gasteiger partial charge in [0.1, 0.15) is 5.75 Å². The molecule has 0 radical (unpaired) electrons. The molecular weight excluding hydrogens is 374 g/mol. The molecule has 1 heterocycles.